The van der Waals surface area contributed by atoms with Gasteiger partial charge in [0.15, 0.2) is 0 Å². The second-order valence-corrected chi connectivity index (χ2v) is 5.02. The van der Waals surface area contributed by atoms with Crippen molar-refractivity contribution in [3.05, 3.63) is 59.6 Å². The van der Waals surface area contributed by atoms with Gasteiger partial charge in [0.05, 0.1) is 28.5 Å². The maximum Gasteiger partial charge on any atom is 0.125 e. The number of hydrogen-bond acceptors (Lipinski definition) is 3. The summed E-state index contributed by atoms with van der Waals surface area (Å²) in [6, 6.07) is 11.7. The topological polar surface area (TPSA) is 38.1 Å². The highest BCUT2D eigenvalue weighted by Gasteiger charge is 2.14. The Morgan fingerprint density at radius 2 is 2.15 bits per heavy atom. The molecule has 4 heteroatoms. The van der Waals surface area contributed by atoms with Gasteiger partial charge in [-0.2, -0.15) is 0 Å². The second-order valence-electron chi connectivity index (χ2n) is 4.62. The maximum atomic E-state index is 6.21. The smallest absolute Gasteiger partial charge is 0.125 e. The second kappa shape index (κ2) is 5.55. The van der Waals surface area contributed by atoms with Crippen molar-refractivity contribution in [1.82, 2.24) is 4.98 Å². The number of pyridine rings is 1. The number of hydrogen-bond donors (Lipinski definition) is 1. The molecule has 2 heterocycles. The first-order valence-corrected chi connectivity index (χ1v) is 7.00. The Labute approximate surface area is 122 Å². The van der Waals surface area contributed by atoms with Gasteiger partial charge in [-0.3, -0.25) is 4.98 Å². The van der Waals surface area contributed by atoms with E-state index in [-0.39, 0.29) is 6.04 Å². The molecule has 102 valence electrons. The maximum absolute atomic E-state index is 6.21. The molecule has 1 N–H and O–H groups in total. The highest BCUT2D eigenvalue weighted by atomic mass is 35.5. The van der Waals surface area contributed by atoms with Gasteiger partial charge in [-0.1, -0.05) is 18.5 Å². The van der Waals surface area contributed by atoms with E-state index >= 15 is 0 Å². The van der Waals surface area contributed by atoms with Crippen LogP contribution in [0.1, 0.15) is 25.1 Å². The molecule has 0 saturated heterocycles. The van der Waals surface area contributed by atoms with Crippen molar-refractivity contribution >= 4 is 28.2 Å². The van der Waals surface area contributed by atoms with Crippen molar-refractivity contribution in [3.63, 3.8) is 0 Å². The first-order valence-electron chi connectivity index (χ1n) is 6.62. The van der Waals surface area contributed by atoms with E-state index in [4.69, 9.17) is 16.0 Å². The van der Waals surface area contributed by atoms with Crippen LogP contribution in [0, 0.1) is 0 Å². The van der Waals surface area contributed by atoms with Crippen LogP contribution in [0.25, 0.3) is 10.9 Å². The van der Waals surface area contributed by atoms with Crippen LogP contribution >= 0.6 is 11.6 Å². The quantitative estimate of drug-likeness (QED) is 0.730. The van der Waals surface area contributed by atoms with Gasteiger partial charge in [0, 0.05) is 11.6 Å². The molecule has 1 unspecified atom stereocenters. The van der Waals surface area contributed by atoms with Gasteiger partial charge in [-0.25, -0.2) is 0 Å². The summed E-state index contributed by atoms with van der Waals surface area (Å²) in [6.45, 7) is 2.12. The Kier molecular flexibility index (Phi) is 3.61. The summed E-state index contributed by atoms with van der Waals surface area (Å²) in [5.74, 6) is 0.923. The minimum atomic E-state index is 0.122. The Morgan fingerprint density at radius 1 is 1.25 bits per heavy atom. The van der Waals surface area contributed by atoms with Crippen molar-refractivity contribution in [3.8, 4) is 0 Å². The number of fused-ring (bicyclic) bond motifs is 1. The van der Waals surface area contributed by atoms with E-state index in [0.29, 0.717) is 5.02 Å². The van der Waals surface area contributed by atoms with E-state index in [1.807, 2.05) is 36.4 Å². The van der Waals surface area contributed by atoms with Crippen LogP contribution in [0.2, 0.25) is 5.02 Å². The van der Waals surface area contributed by atoms with Crippen LogP contribution in [0.4, 0.5) is 5.69 Å². The summed E-state index contributed by atoms with van der Waals surface area (Å²) >= 11 is 6.21. The Hall–Kier alpha value is -2.00. The summed E-state index contributed by atoms with van der Waals surface area (Å²) < 4.78 is 5.49. The summed E-state index contributed by atoms with van der Waals surface area (Å²) in [5.41, 5.74) is 1.85. The van der Waals surface area contributed by atoms with Gasteiger partial charge in [0.1, 0.15) is 5.76 Å². The molecule has 3 rings (SSSR count). The third-order valence-corrected chi connectivity index (χ3v) is 3.67. The average molecular weight is 287 g/mol. The van der Waals surface area contributed by atoms with Crippen molar-refractivity contribution in [2.75, 3.05) is 5.32 Å². The number of benzene rings is 1. The molecule has 0 aliphatic rings. The zero-order chi connectivity index (χ0) is 13.9. The lowest BCUT2D eigenvalue weighted by Crippen LogP contribution is -2.09. The molecule has 0 amide bonds. The van der Waals surface area contributed by atoms with Gasteiger partial charge in [0.25, 0.3) is 0 Å². The molecule has 0 bridgehead atoms. The summed E-state index contributed by atoms with van der Waals surface area (Å²) in [6.07, 6.45) is 4.39. The van der Waals surface area contributed by atoms with Crippen molar-refractivity contribution < 1.29 is 4.42 Å². The molecule has 2 aromatic heterocycles. The molecule has 3 aromatic rings. The zero-order valence-corrected chi connectivity index (χ0v) is 11.9. The standard InChI is InChI=1S/C16H15ClN2O/c1-2-13(15-6-4-10-20-15)19-14-8-7-12(17)11-5-3-9-18-16(11)14/h3-10,13,19H,2H2,1H3. The van der Waals surface area contributed by atoms with Crippen LogP contribution < -0.4 is 5.32 Å². The van der Waals surface area contributed by atoms with Crippen LogP contribution in [-0.2, 0) is 0 Å². The van der Waals surface area contributed by atoms with Crippen molar-refractivity contribution in [2.24, 2.45) is 0 Å². The summed E-state index contributed by atoms with van der Waals surface area (Å²) in [5, 5.41) is 5.15. The lowest BCUT2D eigenvalue weighted by Gasteiger charge is -2.17. The highest BCUT2D eigenvalue weighted by Crippen LogP contribution is 2.31. The molecule has 1 aromatic carbocycles. The molecule has 1 atom stereocenters. The number of nitrogens with one attached hydrogen (secondary N) is 1. The van der Waals surface area contributed by atoms with Crippen LogP contribution in [0.15, 0.2) is 53.3 Å². The first-order chi connectivity index (χ1) is 9.79. The fourth-order valence-corrected chi connectivity index (χ4v) is 2.52. The van der Waals surface area contributed by atoms with E-state index in [1.165, 1.54) is 0 Å². The Morgan fingerprint density at radius 3 is 2.90 bits per heavy atom. The monoisotopic (exact) mass is 286 g/mol. The van der Waals surface area contributed by atoms with Gasteiger partial charge in [0.2, 0.25) is 0 Å². The molecule has 0 fully saturated rings. The number of aromatic nitrogens is 1. The molecular weight excluding hydrogens is 272 g/mol. The molecule has 0 spiro atoms. The van der Waals surface area contributed by atoms with Crippen molar-refractivity contribution in [1.29, 1.82) is 0 Å². The van der Waals surface area contributed by atoms with Gasteiger partial charge < -0.3 is 9.73 Å². The Bertz CT molecular complexity index is 710. The van der Waals surface area contributed by atoms with Crippen LogP contribution in [0.5, 0.6) is 0 Å². The first kappa shape index (κ1) is 13.0. The van der Waals surface area contributed by atoms with E-state index in [0.717, 1.165) is 28.8 Å². The van der Waals surface area contributed by atoms with E-state index in [2.05, 4.69) is 17.2 Å². The van der Waals surface area contributed by atoms with Gasteiger partial charge in [-0.05, 0) is 42.8 Å². The fraction of sp³-hybridized carbons (Fsp3) is 0.188. The minimum absolute atomic E-state index is 0.122. The predicted octanol–water partition coefficient (Wildman–Crippen LogP) is 5.04. The number of anilines is 1. The minimum Gasteiger partial charge on any atom is -0.467 e. The van der Waals surface area contributed by atoms with E-state index in [1.54, 1.807) is 12.5 Å². The number of furan rings is 1. The SMILES string of the molecule is CCC(Nc1ccc(Cl)c2cccnc12)c1ccco1. The molecule has 0 aliphatic carbocycles. The van der Waals surface area contributed by atoms with Gasteiger partial charge in [-0.15, -0.1) is 0 Å². The average Bonchev–Trinajstić information content (AvgIpc) is 3.01. The summed E-state index contributed by atoms with van der Waals surface area (Å²) in [4.78, 5) is 4.43. The van der Waals surface area contributed by atoms with E-state index < -0.39 is 0 Å². The predicted molar refractivity (Wildman–Crippen MR) is 82.1 cm³/mol. The third kappa shape index (κ3) is 2.37. The molecule has 0 aliphatic heterocycles. The molecule has 3 nitrogen and oxygen atoms in total. The Balaban J connectivity index is 2.00. The molecular formula is C16H15ClN2O. The van der Waals surface area contributed by atoms with Crippen molar-refractivity contribution in [2.45, 2.75) is 19.4 Å². The fourth-order valence-electron chi connectivity index (χ4n) is 2.31. The van der Waals surface area contributed by atoms with Crippen LogP contribution in [0.3, 0.4) is 0 Å². The van der Waals surface area contributed by atoms with E-state index in [9.17, 15) is 0 Å². The normalized spacial score (nSPS) is 12.5. The molecule has 20 heavy (non-hydrogen) atoms. The highest BCUT2D eigenvalue weighted by molar-refractivity contribution is 6.35. The van der Waals surface area contributed by atoms with Gasteiger partial charge >= 0.3 is 0 Å². The zero-order valence-electron chi connectivity index (χ0n) is 11.1. The summed E-state index contributed by atoms with van der Waals surface area (Å²) in [7, 11) is 0. The molecule has 0 radical (unpaired) electrons. The molecule has 0 saturated carbocycles. The number of nitrogens with zero attached hydrogens (tertiary/aromatic N) is 1. The van der Waals surface area contributed by atoms with Crippen LogP contribution in [-0.4, -0.2) is 4.98 Å². The third-order valence-electron chi connectivity index (χ3n) is 3.34. The lowest BCUT2D eigenvalue weighted by atomic mass is 10.1. The lowest BCUT2D eigenvalue weighted by molar-refractivity contribution is 0.474. The number of halogens is 1. The number of rotatable bonds is 4. The largest absolute Gasteiger partial charge is 0.467 e.